The third-order valence-electron chi connectivity index (χ3n) is 6.42. The van der Waals surface area contributed by atoms with Gasteiger partial charge in [0.2, 0.25) is 0 Å². The average molecular weight is 466 g/mol. The average Bonchev–Trinajstić information content (AvgIpc) is 3.49. The predicted octanol–water partition coefficient (Wildman–Crippen LogP) is 1.91. The van der Waals surface area contributed by atoms with Crippen LogP contribution in [0.5, 0.6) is 0 Å². The number of aromatic nitrogens is 3. The van der Waals surface area contributed by atoms with Crippen LogP contribution in [-0.2, 0) is 20.8 Å². The molecule has 5 heterocycles. The maximum Gasteiger partial charge on any atom is 0.328 e. The Labute approximate surface area is 196 Å². The smallest absolute Gasteiger partial charge is 0.328 e. The Balaban J connectivity index is 1.46. The molecule has 3 N–H and O–H groups in total. The Morgan fingerprint density at radius 3 is 2.85 bits per heavy atom. The van der Waals surface area contributed by atoms with Gasteiger partial charge in [-0.3, -0.25) is 0 Å². The molecule has 2 saturated heterocycles. The summed E-state index contributed by atoms with van der Waals surface area (Å²) in [7, 11) is 1.82. The van der Waals surface area contributed by atoms with Crippen LogP contribution in [0.15, 0.2) is 30.6 Å². The van der Waals surface area contributed by atoms with E-state index in [2.05, 4.69) is 44.0 Å². The Hall–Kier alpha value is -3.41. The van der Waals surface area contributed by atoms with Crippen molar-refractivity contribution < 1.29 is 19.0 Å². The molecular formula is C23H27N7O4. The van der Waals surface area contributed by atoms with Gasteiger partial charge >= 0.3 is 6.03 Å². The van der Waals surface area contributed by atoms with Gasteiger partial charge in [-0.25, -0.2) is 19.3 Å². The fourth-order valence-electron chi connectivity index (χ4n) is 4.64. The molecule has 11 nitrogen and oxygen atoms in total. The monoisotopic (exact) mass is 465 g/mol. The number of rotatable bonds is 2. The van der Waals surface area contributed by atoms with Crippen LogP contribution in [0.3, 0.4) is 0 Å². The van der Waals surface area contributed by atoms with Crippen molar-refractivity contribution in [1.29, 1.82) is 0 Å². The Bertz CT molecular complexity index is 1220. The summed E-state index contributed by atoms with van der Waals surface area (Å²) in [5.41, 5.74) is 4.88. The van der Waals surface area contributed by atoms with Gasteiger partial charge < -0.3 is 35.1 Å². The number of nitrogens with zero attached hydrogens (tertiary/aromatic N) is 4. The summed E-state index contributed by atoms with van der Waals surface area (Å²) in [6.45, 7) is 4.30. The molecule has 0 spiro atoms. The van der Waals surface area contributed by atoms with Crippen LogP contribution in [0.25, 0.3) is 11.2 Å². The van der Waals surface area contributed by atoms with Crippen LogP contribution >= 0.6 is 0 Å². The van der Waals surface area contributed by atoms with Crippen molar-refractivity contribution in [1.82, 2.24) is 19.9 Å². The highest BCUT2D eigenvalue weighted by Crippen LogP contribution is 2.30. The molecule has 0 saturated carbocycles. The zero-order valence-corrected chi connectivity index (χ0v) is 18.9. The number of pyridine rings is 1. The number of fused-ring (bicyclic) bond motifs is 4. The van der Waals surface area contributed by atoms with Crippen molar-refractivity contribution in [2.24, 2.45) is 0 Å². The third kappa shape index (κ3) is 3.91. The Kier molecular flexibility index (Phi) is 5.44. The second kappa shape index (κ2) is 8.75. The first-order valence-electron chi connectivity index (χ1n) is 11.5. The van der Waals surface area contributed by atoms with Gasteiger partial charge in [0, 0.05) is 37.6 Å². The van der Waals surface area contributed by atoms with Crippen LogP contribution < -0.4 is 20.9 Å². The second-order valence-electron chi connectivity index (χ2n) is 8.65. The maximum absolute atomic E-state index is 13.1. The quantitative estimate of drug-likeness (QED) is 0.522. The maximum atomic E-state index is 13.1. The zero-order valence-electron chi connectivity index (χ0n) is 18.9. The lowest BCUT2D eigenvalue weighted by molar-refractivity contribution is 0.0234. The van der Waals surface area contributed by atoms with E-state index in [9.17, 15) is 4.79 Å². The molecule has 3 aliphatic heterocycles. The van der Waals surface area contributed by atoms with Crippen molar-refractivity contribution in [2.75, 3.05) is 62.1 Å². The normalized spacial score (nSPS) is 22.7. The summed E-state index contributed by atoms with van der Waals surface area (Å²) in [5, 5.41) is 9.62. The minimum absolute atomic E-state index is 0.249. The third-order valence-corrected chi connectivity index (χ3v) is 6.42. The molecule has 0 unspecified atom stereocenters. The summed E-state index contributed by atoms with van der Waals surface area (Å²) in [6, 6.07) is 7.64. The topological polar surface area (TPSA) is 115 Å². The summed E-state index contributed by atoms with van der Waals surface area (Å²) in [5.74, 6) is 0.608. The number of nitrogens with one attached hydrogen (secondary N) is 3. The van der Waals surface area contributed by atoms with Gasteiger partial charge in [-0.2, -0.15) is 0 Å². The van der Waals surface area contributed by atoms with Gasteiger partial charge in [0.05, 0.1) is 44.8 Å². The number of amides is 1. The molecule has 178 valence electrons. The fourth-order valence-corrected chi connectivity index (χ4v) is 4.64. The van der Waals surface area contributed by atoms with Crippen molar-refractivity contribution in [3.63, 3.8) is 0 Å². The van der Waals surface area contributed by atoms with Gasteiger partial charge in [0.25, 0.3) is 0 Å². The molecule has 3 aliphatic rings. The number of hydrogen-bond donors (Lipinski definition) is 3. The number of carbonyl (C=O) groups is 1. The number of imidazole rings is 1. The Morgan fingerprint density at radius 2 is 2.00 bits per heavy atom. The van der Waals surface area contributed by atoms with Gasteiger partial charge in [-0.05, 0) is 23.8 Å². The second-order valence-corrected chi connectivity index (χ2v) is 8.65. The number of ether oxygens (including phenoxy) is 3. The highest BCUT2D eigenvalue weighted by atomic mass is 16.5. The lowest BCUT2D eigenvalue weighted by Crippen LogP contribution is -2.45. The van der Waals surface area contributed by atoms with E-state index in [4.69, 9.17) is 19.2 Å². The summed E-state index contributed by atoms with van der Waals surface area (Å²) in [6.07, 6.45) is 1.24. The van der Waals surface area contributed by atoms with Gasteiger partial charge in [-0.15, -0.1) is 0 Å². The minimum Gasteiger partial charge on any atom is -0.386 e. The highest BCUT2D eigenvalue weighted by molar-refractivity contribution is 5.94. The molecule has 1 amide bonds. The van der Waals surface area contributed by atoms with Gasteiger partial charge in [0.1, 0.15) is 23.8 Å². The molecule has 0 radical (unpaired) electrons. The van der Waals surface area contributed by atoms with Crippen molar-refractivity contribution in [3.05, 3.63) is 36.2 Å². The first-order chi connectivity index (χ1) is 16.7. The molecule has 1 aromatic carbocycles. The van der Waals surface area contributed by atoms with Crippen molar-refractivity contribution in [3.8, 4) is 0 Å². The number of carbonyl (C=O) groups excluding carboxylic acids is 1. The predicted molar refractivity (Wildman–Crippen MR) is 127 cm³/mol. The van der Waals surface area contributed by atoms with Crippen molar-refractivity contribution in [2.45, 2.75) is 18.8 Å². The lowest BCUT2D eigenvalue weighted by atomic mass is 10.1. The molecule has 6 rings (SSSR count). The van der Waals surface area contributed by atoms with Gasteiger partial charge in [0.15, 0.2) is 5.65 Å². The minimum atomic E-state index is -0.316. The van der Waals surface area contributed by atoms with Crippen LogP contribution in [0.2, 0.25) is 0 Å². The summed E-state index contributed by atoms with van der Waals surface area (Å²) in [4.78, 5) is 24.6. The van der Waals surface area contributed by atoms with Crippen LogP contribution in [0.1, 0.15) is 5.56 Å². The standard InChI is InChI=1S/C23H27N7O4/c1-24-17-9-20-26-15-6-14(7-16(8-15)29-2-4-32-5-3-29)10-34-19-12-33-11-18(19)27-23(31)30-13-25-21(17)22(30)28-20/h6-9,13,18-19H,2-5,10-12H2,1H3,(H,27,31)(H2,24,26,28)/t18-,19-/m1/s1. The lowest BCUT2D eigenvalue weighted by Gasteiger charge is -2.30. The number of anilines is 4. The molecule has 2 atom stereocenters. The first kappa shape index (κ1) is 21.1. The SMILES string of the molecule is CNc1cc2nc3c1ncn3C(=O)N[C@@H]1COC[C@H]1OCc1cc(cc(N3CCOCC3)c1)N2. The van der Waals surface area contributed by atoms with E-state index in [1.165, 1.54) is 10.9 Å². The van der Waals surface area contributed by atoms with Crippen molar-refractivity contribution >= 4 is 40.1 Å². The van der Waals surface area contributed by atoms with Crippen LogP contribution in [0, 0.1) is 0 Å². The molecule has 2 aromatic heterocycles. The largest absolute Gasteiger partial charge is 0.386 e. The van der Waals surface area contributed by atoms with E-state index < -0.39 is 0 Å². The number of morpholine rings is 1. The van der Waals surface area contributed by atoms with E-state index >= 15 is 0 Å². The van der Waals surface area contributed by atoms with E-state index in [0.29, 0.717) is 50.0 Å². The van der Waals surface area contributed by atoms with Crippen LogP contribution in [0.4, 0.5) is 27.7 Å². The first-order valence-corrected chi connectivity index (χ1v) is 11.5. The highest BCUT2D eigenvalue weighted by Gasteiger charge is 2.31. The zero-order chi connectivity index (χ0) is 23.1. The molecule has 2 fully saturated rings. The summed E-state index contributed by atoms with van der Waals surface area (Å²) < 4.78 is 18.8. The van der Waals surface area contributed by atoms with E-state index in [-0.39, 0.29) is 18.2 Å². The van der Waals surface area contributed by atoms with E-state index in [1.54, 1.807) is 0 Å². The van der Waals surface area contributed by atoms with E-state index in [0.717, 1.165) is 35.7 Å². The molecule has 0 aliphatic carbocycles. The van der Waals surface area contributed by atoms with Crippen LogP contribution in [-0.4, -0.2) is 79.3 Å². The molecular weight excluding hydrogens is 438 g/mol. The fraction of sp³-hybridized carbons (Fsp3) is 0.435. The molecule has 34 heavy (non-hydrogen) atoms. The molecule has 3 aromatic rings. The summed E-state index contributed by atoms with van der Waals surface area (Å²) >= 11 is 0. The molecule has 4 bridgehead atoms. The Morgan fingerprint density at radius 1 is 1.12 bits per heavy atom. The number of hydrogen-bond acceptors (Lipinski definition) is 9. The molecule has 11 heteroatoms. The van der Waals surface area contributed by atoms with E-state index in [1.807, 2.05) is 13.1 Å². The number of benzene rings is 1. The van der Waals surface area contributed by atoms with Gasteiger partial charge in [-0.1, -0.05) is 0 Å².